The van der Waals surface area contributed by atoms with Crippen LogP contribution in [0.15, 0.2) is 212 Å². The van der Waals surface area contributed by atoms with Crippen LogP contribution in [0.4, 0.5) is 0 Å². The molecule has 0 radical (unpaired) electrons. The highest BCUT2D eigenvalue weighted by Crippen LogP contribution is 2.54. The normalized spacial score (nSPS) is 12.6. The third-order valence-electron chi connectivity index (χ3n) is 16.7. The van der Waals surface area contributed by atoms with E-state index in [1.807, 2.05) is 68.0 Å². The third-order valence-corrected chi connectivity index (χ3v) is 23.5. The Bertz CT molecular complexity index is 5100. The highest BCUT2D eigenvalue weighted by Gasteiger charge is 2.30. The minimum atomic E-state index is -0.0205. The van der Waals surface area contributed by atoms with Crippen molar-refractivity contribution in [3.05, 3.63) is 229 Å². The van der Waals surface area contributed by atoms with Gasteiger partial charge in [0.1, 0.15) is 0 Å². The number of rotatable bonds is 2. The fraction of sp³-hybridized carbons (Fsp3) is 0.154. The van der Waals surface area contributed by atoms with E-state index in [-0.39, 0.29) is 16.2 Å². The van der Waals surface area contributed by atoms with E-state index in [9.17, 15) is 0 Å². The predicted molar refractivity (Wildman–Crippen MR) is 384 cm³/mol. The number of hydrogen-bond acceptors (Lipinski definition) is 6. The van der Waals surface area contributed by atoms with Gasteiger partial charge in [0.05, 0.1) is 0 Å². The number of benzene rings is 11. The van der Waals surface area contributed by atoms with Gasteiger partial charge in [-0.25, -0.2) is 0 Å². The van der Waals surface area contributed by atoms with Gasteiger partial charge < -0.3 is 0 Å². The van der Waals surface area contributed by atoms with Crippen LogP contribution in [0, 0.1) is 0 Å². The molecule has 17 aromatic rings. The molecule has 6 heteroatoms. The highest BCUT2D eigenvalue weighted by molar-refractivity contribution is 7.30. The van der Waals surface area contributed by atoms with Gasteiger partial charge >= 0.3 is 0 Å². The van der Waals surface area contributed by atoms with E-state index in [0.29, 0.717) is 0 Å². The molecule has 6 heterocycles. The number of hydrogen-bond donors (Lipinski definition) is 0. The van der Waals surface area contributed by atoms with Crippen LogP contribution in [-0.2, 0) is 16.2 Å². The fourth-order valence-corrected chi connectivity index (χ4v) is 21.1. The van der Waals surface area contributed by atoms with Gasteiger partial charge in [-0.1, -0.05) is 220 Å². The van der Waals surface area contributed by atoms with E-state index in [0.717, 1.165) is 0 Å². The maximum atomic E-state index is 2.46. The maximum Gasteiger partial charge on any atom is 0.0407 e. The molecular weight excluding hydrogens is 1130 g/mol. The summed E-state index contributed by atoms with van der Waals surface area (Å²) in [5, 5.41) is 17.0. The van der Waals surface area contributed by atoms with Crippen molar-refractivity contribution in [2.45, 2.75) is 78.6 Å². The molecule has 410 valence electrons. The van der Waals surface area contributed by atoms with Gasteiger partial charge in [-0.2, -0.15) is 0 Å². The average molecular weight is 1190 g/mol. The molecule has 0 aliphatic heterocycles. The topological polar surface area (TPSA) is 0 Å². The lowest BCUT2D eigenvalue weighted by molar-refractivity contribution is 0.602. The Hall–Kier alpha value is -7.26. The van der Waals surface area contributed by atoms with Crippen molar-refractivity contribution in [3.8, 4) is 22.3 Å². The molecule has 0 fully saturated rings. The molecule has 0 saturated carbocycles. The van der Waals surface area contributed by atoms with E-state index >= 15 is 0 Å². The van der Waals surface area contributed by atoms with E-state index in [1.165, 1.54) is 160 Å². The van der Waals surface area contributed by atoms with E-state index < -0.39 is 0 Å². The monoisotopic (exact) mass is 1190 g/mol. The highest BCUT2D eigenvalue weighted by atomic mass is 32.1. The molecule has 0 nitrogen and oxygen atoms in total. The maximum absolute atomic E-state index is 2.46. The van der Waals surface area contributed by atoms with E-state index in [1.54, 1.807) is 0 Å². The second-order valence-electron chi connectivity index (χ2n) is 25.4. The van der Waals surface area contributed by atoms with Gasteiger partial charge in [-0.3, -0.25) is 0 Å². The summed E-state index contributed by atoms with van der Waals surface area (Å²) in [5.74, 6) is 0. The van der Waals surface area contributed by atoms with Crippen LogP contribution < -0.4 is 0 Å². The number of thiophene rings is 6. The quantitative estimate of drug-likeness (QED) is 0.162. The Morgan fingerprint density at radius 3 is 0.917 bits per heavy atom. The van der Waals surface area contributed by atoms with Gasteiger partial charge in [-0.15, -0.1) is 68.0 Å². The molecule has 0 saturated heterocycles. The largest absolute Gasteiger partial charge is 0.135 e. The van der Waals surface area contributed by atoms with Crippen LogP contribution in [0.1, 0.15) is 79.0 Å². The molecule has 0 aliphatic carbocycles. The van der Waals surface area contributed by atoms with Crippen LogP contribution >= 0.6 is 68.0 Å². The predicted octanol–water partition coefficient (Wildman–Crippen LogP) is 26.5. The van der Waals surface area contributed by atoms with Gasteiger partial charge in [0.2, 0.25) is 0 Å². The van der Waals surface area contributed by atoms with Gasteiger partial charge in [0.15, 0.2) is 0 Å². The molecule has 84 heavy (non-hydrogen) atoms. The molecule has 0 bridgehead atoms. The Labute approximate surface area is 514 Å². The van der Waals surface area contributed by atoms with Crippen molar-refractivity contribution in [1.29, 1.82) is 0 Å². The Morgan fingerprint density at radius 2 is 0.524 bits per heavy atom. The van der Waals surface area contributed by atoms with Gasteiger partial charge in [0, 0.05) is 121 Å². The first kappa shape index (κ1) is 53.5. The first-order valence-electron chi connectivity index (χ1n) is 29.1. The van der Waals surface area contributed by atoms with Crippen molar-refractivity contribution < 1.29 is 0 Å². The second kappa shape index (κ2) is 20.2. The smallest absolute Gasteiger partial charge is 0.0407 e. The summed E-state index contributed by atoms with van der Waals surface area (Å²) in [7, 11) is 0. The van der Waals surface area contributed by atoms with Crippen molar-refractivity contribution in [2.24, 2.45) is 0 Å². The Balaban J connectivity index is 0.000000111. The minimum absolute atomic E-state index is 0.0205. The van der Waals surface area contributed by atoms with Crippen molar-refractivity contribution in [1.82, 2.24) is 0 Å². The lowest BCUT2D eigenvalue weighted by atomic mass is 9.80. The summed E-state index contributed by atoms with van der Waals surface area (Å²) in [6, 6.07) is 77.9. The summed E-state index contributed by atoms with van der Waals surface area (Å²) in [6.07, 6.45) is 0. The van der Waals surface area contributed by atoms with Gasteiger partial charge in [-0.05, 0) is 110 Å². The molecular formula is C78H62S6. The van der Waals surface area contributed by atoms with Crippen molar-refractivity contribution in [2.75, 3.05) is 0 Å². The number of fused-ring (bicyclic) bond motifs is 18. The van der Waals surface area contributed by atoms with Crippen LogP contribution in [-0.4, -0.2) is 0 Å². The fourth-order valence-electron chi connectivity index (χ4n) is 13.3. The summed E-state index contributed by atoms with van der Waals surface area (Å²) in [6.45, 7) is 21.2. The Morgan fingerprint density at radius 1 is 0.214 bits per heavy atom. The molecule has 0 unspecified atom stereocenters. The minimum Gasteiger partial charge on any atom is -0.135 e. The third kappa shape index (κ3) is 8.81. The van der Waals surface area contributed by atoms with Crippen LogP contribution in [0.2, 0.25) is 0 Å². The standard InChI is InChI=1S/C34H26S2.2C22H18S2/c1-34(2,3)33-31-27(35-25-18-10-16-23(29(25)31)21-12-6-4-7-13-21)20-28-32(33)30-24(17-11-19-26(30)36-28)22-14-8-5-9-15-22;1-22(2,3)19-20-15(13-8-4-6-10-17(13)23-20)12-16-14-9-5-7-11-18(14)24-21(16)19;1-22(2,3)21-19-13-8-4-6-10-15(13)23-17(19)12-18-20(21)14-9-5-7-11-16(14)24-18/h4-20H,1-3H3;2*4-12H,1-3H3. The second-order valence-corrected chi connectivity index (χ2v) is 31.9. The molecule has 11 aromatic carbocycles. The van der Waals surface area contributed by atoms with Crippen LogP contribution in [0.3, 0.4) is 0 Å². The molecule has 0 amide bonds. The SMILES string of the molecule is CC(C)(C)c1c2c(cc3sc4cccc(-c5ccccc5)c4c13)sc1cccc(-c3ccccc3)c12.CC(C)(C)c1c2c(cc3sc4ccccc4c13)sc1ccccc12.CC(C)(C)c1c2sc3ccccc3c2cc2c1sc1ccccc12. The zero-order chi connectivity index (χ0) is 57.4. The Kier molecular flexibility index (Phi) is 12.9. The summed E-state index contributed by atoms with van der Waals surface area (Å²) < 4.78 is 16.8. The van der Waals surface area contributed by atoms with Crippen LogP contribution in [0.5, 0.6) is 0 Å². The summed E-state index contributed by atoms with van der Waals surface area (Å²) in [5.41, 5.74) is 9.91. The first-order valence-corrected chi connectivity index (χ1v) is 33.9. The lowest BCUT2D eigenvalue weighted by Crippen LogP contribution is -2.12. The molecule has 0 N–H and O–H groups in total. The molecule has 6 aromatic heterocycles. The molecule has 17 rings (SSSR count). The van der Waals surface area contributed by atoms with Crippen molar-refractivity contribution in [3.63, 3.8) is 0 Å². The van der Waals surface area contributed by atoms with Crippen LogP contribution in [0.25, 0.3) is 143 Å². The lowest BCUT2D eigenvalue weighted by Gasteiger charge is -2.23. The zero-order valence-corrected chi connectivity index (χ0v) is 53.6. The van der Waals surface area contributed by atoms with Gasteiger partial charge in [0.25, 0.3) is 0 Å². The van der Waals surface area contributed by atoms with E-state index in [2.05, 4.69) is 275 Å². The first-order chi connectivity index (χ1) is 40.6. The summed E-state index contributed by atoms with van der Waals surface area (Å²) in [4.78, 5) is 0. The summed E-state index contributed by atoms with van der Waals surface area (Å²) >= 11 is 11.6. The average Bonchev–Trinajstić information content (AvgIpc) is 1.99. The zero-order valence-electron chi connectivity index (χ0n) is 48.7. The van der Waals surface area contributed by atoms with Crippen molar-refractivity contribution >= 4 is 189 Å². The van der Waals surface area contributed by atoms with E-state index in [4.69, 9.17) is 0 Å². The molecule has 0 spiro atoms. The molecule has 0 aliphatic rings. The molecule has 0 atom stereocenters.